The Morgan fingerprint density at radius 1 is 0.947 bits per heavy atom. The molecule has 4 rings (SSSR count). The fourth-order valence-corrected chi connectivity index (χ4v) is 5.17. The van der Waals surface area contributed by atoms with Gasteiger partial charge in [-0.3, -0.25) is 4.79 Å². The number of aromatic nitrogens is 1. The Hall–Kier alpha value is -3.82. The van der Waals surface area contributed by atoms with E-state index in [1.807, 2.05) is 35.0 Å². The van der Waals surface area contributed by atoms with E-state index < -0.39 is 10.0 Å². The van der Waals surface area contributed by atoms with Crippen LogP contribution in [0.2, 0.25) is 0 Å². The number of hydrogen-bond donors (Lipinski definition) is 2. The molecule has 0 fully saturated rings. The average molecular weight is 536 g/mol. The molecule has 38 heavy (non-hydrogen) atoms. The molecule has 0 unspecified atom stereocenters. The molecule has 0 atom stereocenters. The van der Waals surface area contributed by atoms with E-state index in [0.717, 1.165) is 29.3 Å². The van der Waals surface area contributed by atoms with Crippen molar-refractivity contribution >= 4 is 32.5 Å². The molecule has 0 spiro atoms. The number of para-hydroxylation sites is 1. The lowest BCUT2D eigenvalue weighted by Crippen LogP contribution is -2.26. The monoisotopic (exact) mass is 535 g/mol. The number of unbranched alkanes of at least 4 members (excludes halogenated alkanes) is 1. The third kappa shape index (κ3) is 6.93. The summed E-state index contributed by atoms with van der Waals surface area (Å²) < 4.78 is 40.9. The molecule has 0 bridgehead atoms. The number of nitrogens with one attached hydrogen (secondary N) is 2. The highest BCUT2D eigenvalue weighted by molar-refractivity contribution is 7.89. The standard InChI is InChI=1S/C29H33N3O5S/c1-3-4-19-37-25-13-15-26(16-14-25)38(34,35)30-18-17-22-20-32(28-8-6-5-7-27(22)28)21-29(33)31-23-9-11-24(36-2)12-10-23/h5-16,20,30H,3-4,17-19,21H2,1-2H3,(H,31,33). The van der Waals surface area contributed by atoms with Crippen molar-refractivity contribution in [1.82, 2.24) is 9.29 Å². The highest BCUT2D eigenvalue weighted by Gasteiger charge is 2.16. The molecule has 9 heteroatoms. The number of anilines is 1. The summed E-state index contributed by atoms with van der Waals surface area (Å²) in [6.45, 7) is 3.05. The molecule has 3 aromatic carbocycles. The minimum absolute atomic E-state index is 0.130. The number of rotatable bonds is 13. The van der Waals surface area contributed by atoms with Gasteiger partial charge in [0.05, 0.1) is 18.6 Å². The third-order valence-corrected chi connectivity index (χ3v) is 7.62. The van der Waals surface area contributed by atoms with Gasteiger partial charge in [-0.05, 0) is 73.0 Å². The summed E-state index contributed by atoms with van der Waals surface area (Å²) in [5.41, 5.74) is 2.55. The SMILES string of the molecule is CCCCOc1ccc(S(=O)(=O)NCCc2cn(CC(=O)Nc3ccc(OC)cc3)c3ccccc23)cc1. The number of benzene rings is 3. The summed E-state index contributed by atoms with van der Waals surface area (Å²) in [7, 11) is -2.07. The van der Waals surface area contributed by atoms with Crippen LogP contribution in [0.1, 0.15) is 25.3 Å². The number of methoxy groups -OCH3 is 1. The topological polar surface area (TPSA) is 98.7 Å². The lowest BCUT2D eigenvalue weighted by molar-refractivity contribution is -0.116. The van der Waals surface area contributed by atoms with Crippen molar-refractivity contribution in [3.05, 3.63) is 84.6 Å². The van der Waals surface area contributed by atoms with Gasteiger partial charge in [-0.25, -0.2) is 13.1 Å². The van der Waals surface area contributed by atoms with E-state index in [1.165, 1.54) is 0 Å². The van der Waals surface area contributed by atoms with Crippen molar-refractivity contribution in [3.8, 4) is 11.5 Å². The van der Waals surface area contributed by atoms with Gasteiger partial charge >= 0.3 is 0 Å². The summed E-state index contributed by atoms with van der Waals surface area (Å²) in [6, 6.07) is 21.4. The van der Waals surface area contributed by atoms with Gasteiger partial charge in [0.1, 0.15) is 18.0 Å². The van der Waals surface area contributed by atoms with E-state index in [2.05, 4.69) is 17.0 Å². The molecule has 0 saturated heterocycles. The molecule has 4 aromatic rings. The maximum atomic E-state index is 12.8. The maximum absolute atomic E-state index is 12.8. The highest BCUT2D eigenvalue weighted by atomic mass is 32.2. The van der Waals surface area contributed by atoms with Crippen LogP contribution in [0, 0.1) is 0 Å². The molecule has 2 N–H and O–H groups in total. The van der Waals surface area contributed by atoms with Crippen LogP contribution in [0.3, 0.4) is 0 Å². The Morgan fingerprint density at radius 2 is 1.66 bits per heavy atom. The van der Waals surface area contributed by atoms with Gasteiger partial charge in [-0.2, -0.15) is 0 Å². The lowest BCUT2D eigenvalue weighted by atomic mass is 10.1. The molecule has 0 saturated carbocycles. The molecular formula is C29H33N3O5S. The van der Waals surface area contributed by atoms with Gasteiger partial charge in [0, 0.05) is 29.3 Å². The van der Waals surface area contributed by atoms with Crippen LogP contribution < -0.4 is 19.5 Å². The Labute approximate surface area is 223 Å². The van der Waals surface area contributed by atoms with Crippen LogP contribution in [0.15, 0.2) is 83.9 Å². The van der Waals surface area contributed by atoms with E-state index in [4.69, 9.17) is 9.47 Å². The fraction of sp³-hybridized carbons (Fsp3) is 0.276. The zero-order valence-electron chi connectivity index (χ0n) is 21.6. The molecule has 1 aromatic heterocycles. The van der Waals surface area contributed by atoms with Gasteiger partial charge in [0.2, 0.25) is 15.9 Å². The molecule has 200 valence electrons. The molecule has 0 aliphatic carbocycles. The number of carbonyl (C=O) groups is 1. The quantitative estimate of drug-likeness (QED) is 0.235. The second-order valence-electron chi connectivity index (χ2n) is 8.90. The first-order valence-corrected chi connectivity index (χ1v) is 14.1. The van der Waals surface area contributed by atoms with E-state index in [0.29, 0.717) is 30.2 Å². The first-order valence-electron chi connectivity index (χ1n) is 12.6. The van der Waals surface area contributed by atoms with Gasteiger partial charge < -0.3 is 19.4 Å². The maximum Gasteiger partial charge on any atom is 0.244 e. The van der Waals surface area contributed by atoms with E-state index in [1.54, 1.807) is 55.6 Å². The molecule has 0 radical (unpaired) electrons. The minimum atomic E-state index is -3.66. The molecule has 1 amide bonds. The smallest absolute Gasteiger partial charge is 0.244 e. The third-order valence-electron chi connectivity index (χ3n) is 6.15. The van der Waals surface area contributed by atoms with Crippen LogP contribution in [-0.4, -0.2) is 39.2 Å². The summed E-state index contributed by atoms with van der Waals surface area (Å²) in [4.78, 5) is 12.9. The number of fused-ring (bicyclic) bond motifs is 1. The van der Waals surface area contributed by atoms with Gasteiger partial charge in [-0.1, -0.05) is 31.5 Å². The van der Waals surface area contributed by atoms with Gasteiger partial charge in [0.15, 0.2) is 0 Å². The zero-order chi connectivity index (χ0) is 27.0. The second-order valence-corrected chi connectivity index (χ2v) is 10.7. The number of carbonyl (C=O) groups excluding carboxylic acids is 1. The van der Waals surface area contributed by atoms with Crippen molar-refractivity contribution in [1.29, 1.82) is 0 Å². The van der Waals surface area contributed by atoms with E-state index in [9.17, 15) is 13.2 Å². The molecule has 1 heterocycles. The van der Waals surface area contributed by atoms with Crippen LogP contribution in [0.4, 0.5) is 5.69 Å². The number of amides is 1. The predicted octanol–water partition coefficient (Wildman–Crippen LogP) is 4.99. The highest BCUT2D eigenvalue weighted by Crippen LogP contribution is 2.23. The van der Waals surface area contributed by atoms with Crippen LogP contribution >= 0.6 is 0 Å². The molecule has 8 nitrogen and oxygen atoms in total. The number of hydrogen-bond acceptors (Lipinski definition) is 5. The van der Waals surface area contributed by atoms with Crippen molar-refractivity contribution in [2.75, 3.05) is 25.6 Å². The van der Waals surface area contributed by atoms with Crippen LogP contribution in [0.5, 0.6) is 11.5 Å². The normalized spacial score (nSPS) is 11.4. The fourth-order valence-electron chi connectivity index (χ4n) is 4.14. The molecular weight excluding hydrogens is 502 g/mol. The van der Waals surface area contributed by atoms with Crippen LogP contribution in [-0.2, 0) is 27.8 Å². The number of sulfonamides is 1. The molecule has 0 aliphatic rings. The van der Waals surface area contributed by atoms with Gasteiger partial charge in [-0.15, -0.1) is 0 Å². The first kappa shape index (κ1) is 27.2. The molecule has 0 aliphatic heterocycles. The Balaban J connectivity index is 1.39. The minimum Gasteiger partial charge on any atom is -0.497 e. The van der Waals surface area contributed by atoms with Crippen molar-refractivity contribution < 1.29 is 22.7 Å². The average Bonchev–Trinajstić information content (AvgIpc) is 3.26. The Morgan fingerprint density at radius 3 is 2.37 bits per heavy atom. The zero-order valence-corrected chi connectivity index (χ0v) is 22.5. The van der Waals surface area contributed by atoms with Crippen molar-refractivity contribution in [3.63, 3.8) is 0 Å². The summed E-state index contributed by atoms with van der Waals surface area (Å²) in [5, 5.41) is 3.88. The summed E-state index contributed by atoms with van der Waals surface area (Å²) in [6.07, 6.45) is 4.37. The van der Waals surface area contributed by atoms with Crippen LogP contribution in [0.25, 0.3) is 10.9 Å². The van der Waals surface area contributed by atoms with Crippen molar-refractivity contribution in [2.24, 2.45) is 0 Å². The second kappa shape index (κ2) is 12.6. The van der Waals surface area contributed by atoms with E-state index in [-0.39, 0.29) is 23.9 Å². The first-order chi connectivity index (χ1) is 18.4. The largest absolute Gasteiger partial charge is 0.497 e. The Bertz CT molecular complexity index is 1460. The number of ether oxygens (including phenoxy) is 2. The van der Waals surface area contributed by atoms with Crippen molar-refractivity contribution in [2.45, 2.75) is 37.6 Å². The van der Waals surface area contributed by atoms with E-state index >= 15 is 0 Å². The number of nitrogens with zero attached hydrogens (tertiary/aromatic N) is 1. The van der Waals surface area contributed by atoms with Gasteiger partial charge in [0.25, 0.3) is 0 Å². The summed E-state index contributed by atoms with van der Waals surface area (Å²) >= 11 is 0. The predicted molar refractivity (Wildman–Crippen MR) is 149 cm³/mol. The lowest BCUT2D eigenvalue weighted by Gasteiger charge is -2.09. The summed E-state index contributed by atoms with van der Waals surface area (Å²) in [5.74, 6) is 1.21. The Kier molecular flexibility index (Phi) is 9.04.